The van der Waals surface area contributed by atoms with E-state index in [0.29, 0.717) is 5.92 Å². The van der Waals surface area contributed by atoms with Gasteiger partial charge in [-0.2, -0.15) is 0 Å². The molecule has 1 fully saturated rings. The number of benzene rings is 1. The van der Waals surface area contributed by atoms with Gasteiger partial charge >= 0.3 is 0 Å². The molecule has 1 aliphatic rings. The van der Waals surface area contributed by atoms with Gasteiger partial charge < -0.3 is 10.1 Å². The lowest BCUT2D eigenvalue weighted by molar-refractivity contribution is 0.185. The van der Waals surface area contributed by atoms with Crippen LogP contribution >= 0.6 is 27.5 Å². The predicted octanol–water partition coefficient (Wildman–Crippen LogP) is 3.23. The molecule has 2 rings (SSSR count). The van der Waals surface area contributed by atoms with Crippen molar-refractivity contribution in [1.82, 2.24) is 5.32 Å². The molecule has 1 N–H and O–H groups in total. The molecular formula is C12H15BrClNO. The molecule has 4 heteroatoms. The molecule has 1 aromatic rings. The Labute approximate surface area is 109 Å². The highest BCUT2D eigenvalue weighted by Crippen LogP contribution is 2.21. The molecule has 88 valence electrons. The Kier molecular flexibility index (Phi) is 4.65. The minimum absolute atomic E-state index is 0.665. The second kappa shape index (κ2) is 6.01. The van der Waals surface area contributed by atoms with E-state index in [1.807, 2.05) is 18.2 Å². The third-order valence-corrected chi connectivity index (χ3v) is 3.79. The molecule has 0 aromatic heterocycles. The fourth-order valence-electron chi connectivity index (χ4n) is 1.83. The first-order chi connectivity index (χ1) is 7.75. The summed E-state index contributed by atoms with van der Waals surface area (Å²) >= 11 is 9.48. The van der Waals surface area contributed by atoms with Crippen molar-refractivity contribution in [2.75, 3.05) is 19.8 Å². The van der Waals surface area contributed by atoms with Crippen LogP contribution in [0.2, 0.25) is 5.02 Å². The van der Waals surface area contributed by atoms with E-state index < -0.39 is 0 Å². The van der Waals surface area contributed by atoms with Crippen molar-refractivity contribution in [3.8, 4) is 0 Å². The van der Waals surface area contributed by atoms with Gasteiger partial charge in [0.25, 0.3) is 0 Å². The Bertz CT molecular complexity index is 353. The van der Waals surface area contributed by atoms with Crippen LogP contribution < -0.4 is 5.32 Å². The standard InChI is InChI=1S/C12H15BrClNO/c13-12-2-1-11(14)5-10(12)7-15-6-9-3-4-16-8-9/h1-2,5,9,15H,3-4,6-8H2. The van der Waals surface area contributed by atoms with Crippen LogP contribution in [0.25, 0.3) is 0 Å². The molecule has 0 aliphatic carbocycles. The van der Waals surface area contributed by atoms with Crippen LogP contribution in [-0.2, 0) is 11.3 Å². The van der Waals surface area contributed by atoms with E-state index in [1.165, 1.54) is 12.0 Å². The van der Waals surface area contributed by atoms with Gasteiger partial charge in [0, 0.05) is 29.2 Å². The summed E-state index contributed by atoms with van der Waals surface area (Å²) in [5, 5.41) is 4.22. The first kappa shape index (κ1) is 12.4. The first-order valence-corrected chi connectivity index (χ1v) is 6.65. The van der Waals surface area contributed by atoms with Gasteiger partial charge in [-0.25, -0.2) is 0 Å². The molecular weight excluding hydrogens is 289 g/mol. The normalized spacial score (nSPS) is 20.2. The van der Waals surface area contributed by atoms with Crippen molar-refractivity contribution in [3.63, 3.8) is 0 Å². The van der Waals surface area contributed by atoms with E-state index in [0.717, 1.165) is 35.8 Å². The van der Waals surface area contributed by atoms with Crippen molar-refractivity contribution < 1.29 is 4.74 Å². The van der Waals surface area contributed by atoms with Gasteiger partial charge in [0.1, 0.15) is 0 Å². The summed E-state index contributed by atoms with van der Waals surface area (Å²) < 4.78 is 6.44. The van der Waals surface area contributed by atoms with Crippen LogP contribution in [0.15, 0.2) is 22.7 Å². The highest BCUT2D eigenvalue weighted by atomic mass is 79.9. The molecule has 0 bridgehead atoms. The van der Waals surface area contributed by atoms with Crippen molar-refractivity contribution in [2.24, 2.45) is 5.92 Å². The van der Waals surface area contributed by atoms with E-state index in [9.17, 15) is 0 Å². The SMILES string of the molecule is Clc1ccc(Br)c(CNCC2CCOC2)c1. The number of hydrogen-bond donors (Lipinski definition) is 1. The molecule has 0 spiro atoms. The van der Waals surface area contributed by atoms with Gasteiger partial charge in [-0.1, -0.05) is 27.5 Å². The minimum Gasteiger partial charge on any atom is -0.381 e. The number of hydrogen-bond acceptors (Lipinski definition) is 2. The number of halogens is 2. The summed E-state index contributed by atoms with van der Waals surface area (Å²) in [4.78, 5) is 0. The lowest BCUT2D eigenvalue weighted by atomic mass is 10.1. The van der Waals surface area contributed by atoms with E-state index in [1.54, 1.807) is 0 Å². The van der Waals surface area contributed by atoms with Crippen LogP contribution in [0.4, 0.5) is 0 Å². The molecule has 1 unspecified atom stereocenters. The third-order valence-electron chi connectivity index (χ3n) is 2.78. The second-order valence-corrected chi connectivity index (χ2v) is 5.39. The van der Waals surface area contributed by atoms with Crippen LogP contribution in [0.5, 0.6) is 0 Å². The Morgan fingerprint density at radius 2 is 2.38 bits per heavy atom. The van der Waals surface area contributed by atoms with Gasteiger partial charge in [0.15, 0.2) is 0 Å². The zero-order valence-corrected chi connectivity index (χ0v) is 11.4. The topological polar surface area (TPSA) is 21.3 Å². The Morgan fingerprint density at radius 3 is 3.12 bits per heavy atom. The maximum atomic E-state index is 5.95. The molecule has 0 radical (unpaired) electrons. The molecule has 0 saturated carbocycles. The average Bonchev–Trinajstić information content (AvgIpc) is 2.76. The lowest BCUT2D eigenvalue weighted by Crippen LogP contribution is -2.22. The van der Waals surface area contributed by atoms with Crippen LogP contribution in [0.1, 0.15) is 12.0 Å². The molecule has 16 heavy (non-hydrogen) atoms. The minimum atomic E-state index is 0.665. The van der Waals surface area contributed by atoms with E-state index >= 15 is 0 Å². The molecule has 1 heterocycles. The molecule has 0 amide bonds. The van der Waals surface area contributed by atoms with Gasteiger partial charge in [0.05, 0.1) is 6.61 Å². The van der Waals surface area contributed by atoms with Crippen LogP contribution in [0.3, 0.4) is 0 Å². The Morgan fingerprint density at radius 1 is 1.50 bits per heavy atom. The fourth-order valence-corrected chi connectivity index (χ4v) is 2.42. The third kappa shape index (κ3) is 3.45. The summed E-state index contributed by atoms with van der Waals surface area (Å²) in [5.74, 6) is 0.665. The monoisotopic (exact) mass is 303 g/mol. The molecule has 1 aromatic carbocycles. The van der Waals surface area contributed by atoms with Crippen LogP contribution in [0, 0.1) is 5.92 Å². The second-order valence-electron chi connectivity index (χ2n) is 4.10. The van der Waals surface area contributed by atoms with Crippen molar-refractivity contribution >= 4 is 27.5 Å². The maximum absolute atomic E-state index is 5.95. The van der Waals surface area contributed by atoms with Gasteiger partial charge in [-0.15, -0.1) is 0 Å². The molecule has 2 nitrogen and oxygen atoms in total. The summed E-state index contributed by atoms with van der Waals surface area (Å²) in [7, 11) is 0. The zero-order chi connectivity index (χ0) is 11.4. The zero-order valence-electron chi connectivity index (χ0n) is 9.01. The quantitative estimate of drug-likeness (QED) is 0.922. The number of ether oxygens (including phenoxy) is 1. The van der Waals surface area contributed by atoms with Crippen LogP contribution in [-0.4, -0.2) is 19.8 Å². The average molecular weight is 305 g/mol. The molecule has 1 saturated heterocycles. The van der Waals surface area contributed by atoms with Crippen molar-refractivity contribution in [2.45, 2.75) is 13.0 Å². The summed E-state index contributed by atoms with van der Waals surface area (Å²) in [6.07, 6.45) is 1.17. The van der Waals surface area contributed by atoms with Crippen molar-refractivity contribution in [3.05, 3.63) is 33.3 Å². The molecule has 1 aliphatic heterocycles. The highest BCUT2D eigenvalue weighted by Gasteiger charge is 2.14. The summed E-state index contributed by atoms with van der Waals surface area (Å²) in [5.41, 5.74) is 1.20. The Hall–Kier alpha value is -0.0900. The predicted molar refractivity (Wildman–Crippen MR) is 69.8 cm³/mol. The maximum Gasteiger partial charge on any atom is 0.0507 e. The fraction of sp³-hybridized carbons (Fsp3) is 0.500. The van der Waals surface area contributed by atoms with Gasteiger partial charge in [0.2, 0.25) is 0 Å². The first-order valence-electron chi connectivity index (χ1n) is 5.48. The van der Waals surface area contributed by atoms with Gasteiger partial charge in [-0.3, -0.25) is 0 Å². The molecule has 1 atom stereocenters. The number of nitrogens with one attached hydrogen (secondary N) is 1. The Balaban J connectivity index is 1.82. The van der Waals surface area contributed by atoms with E-state index in [2.05, 4.69) is 21.2 Å². The van der Waals surface area contributed by atoms with E-state index in [-0.39, 0.29) is 0 Å². The highest BCUT2D eigenvalue weighted by molar-refractivity contribution is 9.10. The lowest BCUT2D eigenvalue weighted by Gasteiger charge is -2.10. The summed E-state index contributed by atoms with van der Waals surface area (Å²) in [6.45, 7) is 3.66. The largest absolute Gasteiger partial charge is 0.381 e. The van der Waals surface area contributed by atoms with Gasteiger partial charge in [-0.05, 0) is 36.1 Å². The van der Waals surface area contributed by atoms with E-state index in [4.69, 9.17) is 16.3 Å². The van der Waals surface area contributed by atoms with Crippen molar-refractivity contribution in [1.29, 1.82) is 0 Å². The summed E-state index contributed by atoms with van der Waals surface area (Å²) in [6, 6.07) is 5.86. The smallest absolute Gasteiger partial charge is 0.0507 e. The number of rotatable bonds is 4.